The summed E-state index contributed by atoms with van der Waals surface area (Å²) < 4.78 is 85.3. The van der Waals surface area contributed by atoms with Crippen molar-refractivity contribution in [1.29, 1.82) is 0 Å². The van der Waals surface area contributed by atoms with Crippen LogP contribution >= 0.6 is 92.2 Å². The lowest BCUT2D eigenvalue weighted by molar-refractivity contribution is -0.185. The normalized spacial score (nSPS) is 18.9. The van der Waals surface area contributed by atoms with Crippen molar-refractivity contribution in [3.63, 3.8) is 0 Å². The predicted octanol–water partition coefficient (Wildman–Crippen LogP) is 14.3. The first-order chi connectivity index (χ1) is 28.4. The first-order valence-electron chi connectivity index (χ1n) is 18.7. The van der Waals surface area contributed by atoms with Gasteiger partial charge >= 0.3 is 12.4 Å². The number of halogens is 13. The van der Waals surface area contributed by atoms with E-state index in [4.69, 9.17) is 69.6 Å². The molecule has 0 saturated carbocycles. The van der Waals surface area contributed by atoms with Crippen LogP contribution in [-0.4, -0.2) is 67.1 Å². The fourth-order valence-electron chi connectivity index (χ4n) is 7.46. The number of carbonyl (C=O) groups is 2. The average Bonchev–Trinajstić information content (AvgIpc) is 3.84. The van der Waals surface area contributed by atoms with Gasteiger partial charge in [0.05, 0.1) is 0 Å². The highest BCUT2D eigenvalue weighted by Gasteiger charge is 2.60. The van der Waals surface area contributed by atoms with Crippen LogP contribution in [0.25, 0.3) is 0 Å². The van der Waals surface area contributed by atoms with Crippen molar-refractivity contribution in [2.24, 2.45) is 0 Å². The highest BCUT2D eigenvalue weighted by Crippen LogP contribution is 2.51. The number of rotatable bonds is 9. The molecule has 2 unspecified atom stereocenters. The van der Waals surface area contributed by atoms with Gasteiger partial charge in [-0.25, -0.2) is 0 Å². The zero-order valence-electron chi connectivity index (χ0n) is 33.4. The number of nitrogens with zero attached hydrogens (tertiary/aromatic N) is 3. The van der Waals surface area contributed by atoms with Crippen LogP contribution in [0.3, 0.4) is 0 Å². The van der Waals surface area contributed by atoms with Crippen molar-refractivity contribution in [1.82, 2.24) is 4.90 Å². The largest absolute Gasteiger partial charge is 0.400 e. The molecular formula is C43H42Cl6F6IN3O2. The summed E-state index contributed by atoms with van der Waals surface area (Å²) in [7, 11) is 1.65. The number of ketones is 1. The Morgan fingerprint density at radius 2 is 1.02 bits per heavy atom. The molecule has 2 aliphatic heterocycles. The van der Waals surface area contributed by atoms with E-state index >= 15 is 0 Å². The second-order valence-electron chi connectivity index (χ2n) is 14.9. The number of Topliss-reactive ketones (excluding diaryl/α,β-unsaturated/α-hetero) is 1. The summed E-state index contributed by atoms with van der Waals surface area (Å²) in [4.78, 5) is 29.4. The molecule has 2 aliphatic rings. The van der Waals surface area contributed by atoms with E-state index in [0.717, 1.165) is 11.1 Å². The summed E-state index contributed by atoms with van der Waals surface area (Å²) in [6.45, 7) is 3.17. The standard InChI is InChI=1S/C21H20Cl3F3N2O.C21H19Cl3F3NO.CH3I/c1-13(30)28(2)11-14-3-4-18(10-19(14)24)29-6-5-20(12-29,21(25,26)27)15-7-16(22)9-17(23)8-15;1-13(29)2-3-14-4-5-18(11-19(14)24)28-7-6-20(12-28,21(25,26)27)15-8-16(22)10-17(23)9-15;1-2/h3-4,7-10H,5-6,11-12H2,1-2H3;4-5,8-11H,2-3,6-7,12H2,1H3;1H3. The van der Waals surface area contributed by atoms with Crippen LogP contribution in [0.2, 0.25) is 30.1 Å². The third-order valence-corrected chi connectivity index (χ3v) is 12.5. The molecule has 0 N–H and O–H groups in total. The van der Waals surface area contributed by atoms with Gasteiger partial charge < -0.3 is 19.5 Å². The van der Waals surface area contributed by atoms with E-state index in [1.807, 2.05) is 4.93 Å². The number of hydrogen-bond donors (Lipinski definition) is 0. The van der Waals surface area contributed by atoms with Crippen molar-refractivity contribution in [3.05, 3.63) is 125 Å². The van der Waals surface area contributed by atoms with Crippen LogP contribution in [0.4, 0.5) is 37.7 Å². The lowest BCUT2D eigenvalue weighted by Gasteiger charge is -2.33. The fourth-order valence-corrected chi connectivity index (χ4v) is 9.01. The van der Waals surface area contributed by atoms with Gasteiger partial charge in [-0.15, -0.1) is 0 Å². The van der Waals surface area contributed by atoms with E-state index < -0.39 is 23.2 Å². The molecule has 0 spiro atoms. The van der Waals surface area contributed by atoms with Crippen LogP contribution < -0.4 is 9.80 Å². The maximum absolute atomic E-state index is 14.2. The van der Waals surface area contributed by atoms with Gasteiger partial charge in [0.1, 0.15) is 16.6 Å². The average molecular weight is 1090 g/mol. The maximum Gasteiger partial charge on any atom is 0.400 e. The molecule has 332 valence electrons. The third-order valence-electron chi connectivity index (χ3n) is 10.9. The number of carbonyl (C=O) groups excluding carboxylic acids is 2. The van der Waals surface area contributed by atoms with Gasteiger partial charge in [0.25, 0.3) is 0 Å². The van der Waals surface area contributed by atoms with Crippen molar-refractivity contribution >= 4 is 115 Å². The summed E-state index contributed by atoms with van der Waals surface area (Å²) in [6, 6.07) is 18.5. The number of benzene rings is 4. The van der Waals surface area contributed by atoms with E-state index in [1.54, 1.807) is 53.2 Å². The molecule has 2 heterocycles. The molecule has 2 fully saturated rings. The molecule has 18 heteroatoms. The lowest BCUT2D eigenvalue weighted by atomic mass is 9.79. The summed E-state index contributed by atoms with van der Waals surface area (Å²) in [5.74, 6) is -0.0512. The monoisotopic (exact) mass is 1080 g/mol. The molecule has 2 atom stereocenters. The summed E-state index contributed by atoms with van der Waals surface area (Å²) >= 11 is 38.7. The molecule has 0 aromatic heterocycles. The zero-order chi connectivity index (χ0) is 45.7. The van der Waals surface area contributed by atoms with Crippen LogP contribution in [0, 0.1) is 0 Å². The van der Waals surface area contributed by atoms with Gasteiger partial charge in [0.2, 0.25) is 5.91 Å². The van der Waals surface area contributed by atoms with E-state index in [9.17, 15) is 35.9 Å². The van der Waals surface area contributed by atoms with Gasteiger partial charge in [-0.1, -0.05) is 104 Å². The minimum atomic E-state index is -4.48. The van der Waals surface area contributed by atoms with E-state index in [0.29, 0.717) is 40.8 Å². The Hall–Kier alpha value is -2.33. The molecule has 5 nitrogen and oxygen atoms in total. The van der Waals surface area contributed by atoms with E-state index in [2.05, 4.69) is 22.6 Å². The van der Waals surface area contributed by atoms with Crippen molar-refractivity contribution in [2.45, 2.75) is 69.3 Å². The summed E-state index contributed by atoms with van der Waals surface area (Å²) in [5, 5.41) is 1.53. The predicted molar refractivity (Wildman–Crippen MR) is 246 cm³/mol. The van der Waals surface area contributed by atoms with Gasteiger partial charge in [0, 0.05) is 94.6 Å². The second kappa shape index (κ2) is 21.1. The number of amides is 1. The van der Waals surface area contributed by atoms with E-state index in [-0.39, 0.29) is 81.9 Å². The molecule has 0 aliphatic carbocycles. The minimum absolute atomic E-state index is 0.0554. The van der Waals surface area contributed by atoms with Gasteiger partial charge in [0.15, 0.2) is 0 Å². The van der Waals surface area contributed by atoms with Crippen molar-refractivity contribution in [3.8, 4) is 0 Å². The van der Waals surface area contributed by atoms with Crippen LogP contribution in [0.15, 0.2) is 72.8 Å². The highest BCUT2D eigenvalue weighted by atomic mass is 127. The minimum Gasteiger partial charge on any atom is -0.370 e. The Morgan fingerprint density at radius 3 is 1.34 bits per heavy atom. The zero-order valence-corrected chi connectivity index (χ0v) is 40.1. The first-order valence-corrected chi connectivity index (χ1v) is 23.1. The molecule has 2 saturated heterocycles. The Labute approximate surface area is 395 Å². The highest BCUT2D eigenvalue weighted by molar-refractivity contribution is 14.1. The molecule has 0 radical (unpaired) electrons. The van der Waals surface area contributed by atoms with Crippen molar-refractivity contribution < 1.29 is 35.9 Å². The Morgan fingerprint density at radius 1 is 0.639 bits per heavy atom. The molecule has 0 bridgehead atoms. The molecule has 61 heavy (non-hydrogen) atoms. The number of anilines is 2. The molecular weight excluding hydrogens is 1040 g/mol. The van der Waals surface area contributed by atoms with Crippen LogP contribution in [0.5, 0.6) is 0 Å². The Bertz CT molecular complexity index is 2170. The van der Waals surface area contributed by atoms with E-state index in [1.165, 1.54) is 55.1 Å². The lowest BCUT2D eigenvalue weighted by Crippen LogP contribution is -2.44. The van der Waals surface area contributed by atoms with Crippen molar-refractivity contribution in [2.75, 3.05) is 48.0 Å². The van der Waals surface area contributed by atoms with Gasteiger partial charge in [-0.2, -0.15) is 26.3 Å². The topological polar surface area (TPSA) is 43.9 Å². The second-order valence-corrected chi connectivity index (χ2v) is 17.5. The smallest absolute Gasteiger partial charge is 0.370 e. The third kappa shape index (κ3) is 12.3. The summed E-state index contributed by atoms with van der Waals surface area (Å²) in [6.07, 6.45) is -8.32. The van der Waals surface area contributed by atoms with Crippen LogP contribution in [-0.2, 0) is 33.4 Å². The number of hydrogen-bond acceptors (Lipinski definition) is 4. The fraction of sp³-hybridized carbons (Fsp3) is 0.395. The molecule has 1 amide bonds. The molecule has 4 aromatic rings. The summed E-state index contributed by atoms with van der Waals surface area (Å²) in [5.41, 5.74) is -1.30. The van der Waals surface area contributed by atoms with Crippen LogP contribution in [0.1, 0.15) is 55.4 Å². The SMILES string of the molecule is CC(=O)CCc1ccc(N2CCC(c3cc(Cl)cc(Cl)c3)(C(F)(F)F)C2)cc1Cl.CC(=O)N(C)Cc1ccc(N2CCC(c3cc(Cl)cc(Cl)c3)(C(F)(F)F)C2)cc1Cl.CI. The number of alkyl halides is 7. The quantitative estimate of drug-likeness (QED) is 0.0952. The Balaban J connectivity index is 0.000000258. The number of aryl methyl sites for hydroxylation is 1. The van der Waals surface area contributed by atoms with Gasteiger partial charge in [-0.05, 0) is 114 Å². The molecule has 6 rings (SSSR count). The first kappa shape index (κ1) is 51.3. The van der Waals surface area contributed by atoms with Gasteiger partial charge in [-0.3, -0.25) is 4.79 Å². The molecule has 4 aromatic carbocycles. The maximum atomic E-state index is 14.2. The Kier molecular flexibility index (Phi) is 17.8.